The van der Waals surface area contributed by atoms with E-state index in [0.29, 0.717) is 23.7 Å². The lowest BCUT2D eigenvalue weighted by Crippen LogP contribution is -2.19. The number of primary sulfonamides is 1. The van der Waals surface area contributed by atoms with Crippen LogP contribution in [0.1, 0.15) is 11.5 Å². The van der Waals surface area contributed by atoms with Crippen molar-refractivity contribution in [2.45, 2.75) is 18.4 Å². The highest BCUT2D eigenvalue weighted by atomic mass is 32.2. The predicted molar refractivity (Wildman–Crippen MR) is 75.6 cm³/mol. The van der Waals surface area contributed by atoms with Crippen LogP contribution in [0.4, 0.5) is 11.4 Å². The number of hydrogen-bond donors (Lipinski definition) is 2. The minimum atomic E-state index is -3.76. The molecule has 1 aromatic carbocycles. The Morgan fingerprint density at radius 1 is 1.35 bits per heavy atom. The minimum absolute atomic E-state index is 0.0184. The first-order valence-corrected chi connectivity index (χ1v) is 7.37. The number of nitrogen functional groups attached to an aromatic ring is 1. The van der Waals surface area contributed by atoms with Crippen molar-refractivity contribution in [2.24, 2.45) is 5.14 Å². The van der Waals surface area contributed by atoms with Gasteiger partial charge in [0.1, 0.15) is 11.5 Å². The van der Waals surface area contributed by atoms with Gasteiger partial charge in [0.05, 0.1) is 22.8 Å². The predicted octanol–water partition coefficient (Wildman–Crippen LogP) is 0.849. The van der Waals surface area contributed by atoms with E-state index >= 15 is 0 Å². The molecule has 2 rings (SSSR count). The van der Waals surface area contributed by atoms with Crippen LogP contribution in [-0.2, 0) is 16.6 Å². The molecule has 0 radical (unpaired) electrons. The van der Waals surface area contributed by atoms with E-state index in [-0.39, 0.29) is 4.90 Å². The maximum absolute atomic E-state index is 11.4. The van der Waals surface area contributed by atoms with Crippen LogP contribution in [0.25, 0.3) is 0 Å². The Morgan fingerprint density at radius 3 is 2.60 bits per heavy atom. The third-order valence-electron chi connectivity index (χ3n) is 2.82. The number of anilines is 2. The Hall–Kier alpha value is -2.06. The van der Waals surface area contributed by atoms with Gasteiger partial charge in [-0.3, -0.25) is 0 Å². The van der Waals surface area contributed by atoms with Gasteiger partial charge in [0.15, 0.2) is 0 Å². The van der Waals surface area contributed by atoms with Crippen molar-refractivity contribution in [3.05, 3.63) is 35.7 Å². The molecular formula is C12H16N4O3S. The Bertz CT molecular complexity index is 724. The average Bonchev–Trinajstić information content (AvgIpc) is 2.73. The summed E-state index contributed by atoms with van der Waals surface area (Å²) in [5, 5.41) is 9.00. The van der Waals surface area contributed by atoms with Crippen LogP contribution in [0.2, 0.25) is 0 Å². The number of nitrogens with zero attached hydrogens (tertiary/aromatic N) is 2. The molecule has 0 saturated carbocycles. The molecule has 1 heterocycles. The quantitative estimate of drug-likeness (QED) is 0.808. The number of aromatic nitrogens is 1. The summed E-state index contributed by atoms with van der Waals surface area (Å²) in [7, 11) is -1.98. The van der Waals surface area contributed by atoms with Crippen LogP contribution in [0.5, 0.6) is 0 Å². The minimum Gasteiger partial charge on any atom is -0.397 e. The van der Waals surface area contributed by atoms with Gasteiger partial charge in [0.25, 0.3) is 0 Å². The van der Waals surface area contributed by atoms with Crippen LogP contribution < -0.4 is 15.8 Å². The molecule has 0 amide bonds. The van der Waals surface area contributed by atoms with Gasteiger partial charge in [0, 0.05) is 13.1 Å². The standard InChI is InChI=1S/C12H16N4O3S/c1-8-5-9(15-19-8)7-16(2)12-6-10(20(14,17)18)3-4-11(12)13/h3-6H,7,13H2,1-2H3,(H2,14,17,18). The summed E-state index contributed by atoms with van der Waals surface area (Å²) in [6.07, 6.45) is 0. The van der Waals surface area contributed by atoms with Gasteiger partial charge >= 0.3 is 0 Å². The van der Waals surface area contributed by atoms with Gasteiger partial charge in [-0.1, -0.05) is 5.16 Å². The molecule has 20 heavy (non-hydrogen) atoms. The van der Waals surface area contributed by atoms with Crippen molar-refractivity contribution in [3.8, 4) is 0 Å². The van der Waals surface area contributed by atoms with Crippen LogP contribution in [0.3, 0.4) is 0 Å². The Balaban J connectivity index is 2.31. The number of rotatable bonds is 4. The molecule has 7 nitrogen and oxygen atoms in total. The number of nitrogens with two attached hydrogens (primary N) is 2. The number of aryl methyl sites for hydroxylation is 1. The highest BCUT2D eigenvalue weighted by Crippen LogP contribution is 2.26. The molecule has 2 aromatic rings. The average molecular weight is 296 g/mol. The zero-order valence-corrected chi connectivity index (χ0v) is 12.0. The van der Waals surface area contributed by atoms with Gasteiger partial charge in [-0.05, 0) is 25.1 Å². The first kappa shape index (κ1) is 14.4. The van der Waals surface area contributed by atoms with Gasteiger partial charge in [0.2, 0.25) is 10.0 Å². The van der Waals surface area contributed by atoms with Crippen LogP contribution in [0, 0.1) is 6.92 Å². The number of hydrogen-bond acceptors (Lipinski definition) is 6. The molecule has 0 saturated heterocycles. The van der Waals surface area contributed by atoms with Crippen molar-refractivity contribution in [2.75, 3.05) is 17.7 Å². The maximum atomic E-state index is 11.4. The van der Waals surface area contributed by atoms with Crippen molar-refractivity contribution >= 4 is 21.4 Å². The van der Waals surface area contributed by atoms with Gasteiger partial charge < -0.3 is 15.2 Å². The van der Waals surface area contributed by atoms with Crippen LogP contribution in [-0.4, -0.2) is 20.6 Å². The summed E-state index contributed by atoms with van der Waals surface area (Å²) in [6.45, 7) is 2.24. The van der Waals surface area contributed by atoms with Crippen LogP contribution >= 0.6 is 0 Å². The maximum Gasteiger partial charge on any atom is 0.238 e. The van der Waals surface area contributed by atoms with E-state index in [2.05, 4.69) is 5.16 Å². The lowest BCUT2D eigenvalue weighted by Gasteiger charge is -2.20. The summed E-state index contributed by atoms with van der Waals surface area (Å²) in [5.74, 6) is 0.708. The molecule has 0 atom stereocenters. The van der Waals surface area contributed by atoms with Crippen LogP contribution in [0.15, 0.2) is 33.7 Å². The highest BCUT2D eigenvalue weighted by molar-refractivity contribution is 7.89. The van der Waals surface area contributed by atoms with Crippen molar-refractivity contribution in [1.82, 2.24) is 5.16 Å². The summed E-state index contributed by atoms with van der Waals surface area (Å²) in [4.78, 5) is 1.80. The van der Waals surface area contributed by atoms with Gasteiger partial charge in [-0.2, -0.15) is 0 Å². The van der Waals surface area contributed by atoms with E-state index in [1.807, 2.05) is 0 Å². The van der Waals surface area contributed by atoms with Crippen molar-refractivity contribution in [1.29, 1.82) is 0 Å². The fraction of sp³-hybridized carbons (Fsp3) is 0.250. The second-order valence-electron chi connectivity index (χ2n) is 4.55. The second-order valence-corrected chi connectivity index (χ2v) is 6.11. The molecule has 0 aliphatic heterocycles. The lowest BCUT2D eigenvalue weighted by molar-refractivity contribution is 0.390. The molecule has 1 aromatic heterocycles. The molecule has 0 fully saturated rings. The monoisotopic (exact) mass is 296 g/mol. The molecule has 0 aliphatic carbocycles. The Labute approximate surface area is 117 Å². The normalized spacial score (nSPS) is 11.6. The molecular weight excluding hydrogens is 280 g/mol. The zero-order valence-electron chi connectivity index (χ0n) is 11.2. The SMILES string of the molecule is Cc1cc(CN(C)c2cc(S(N)(=O)=O)ccc2N)no1. The van der Waals surface area contributed by atoms with E-state index < -0.39 is 10.0 Å². The topological polar surface area (TPSA) is 115 Å². The fourth-order valence-electron chi connectivity index (χ4n) is 1.85. The fourth-order valence-corrected chi connectivity index (χ4v) is 2.39. The summed E-state index contributed by atoms with van der Waals surface area (Å²) >= 11 is 0. The number of sulfonamides is 1. The first-order valence-electron chi connectivity index (χ1n) is 5.83. The van der Waals surface area contributed by atoms with E-state index in [4.69, 9.17) is 15.4 Å². The second kappa shape index (κ2) is 5.14. The summed E-state index contributed by atoms with van der Waals surface area (Å²) in [6, 6.07) is 6.13. The third-order valence-corrected chi connectivity index (χ3v) is 3.73. The Kier molecular flexibility index (Phi) is 3.69. The van der Waals surface area contributed by atoms with Crippen molar-refractivity contribution in [3.63, 3.8) is 0 Å². The third kappa shape index (κ3) is 3.09. The van der Waals surface area contributed by atoms with Gasteiger partial charge in [-0.25, -0.2) is 13.6 Å². The van der Waals surface area contributed by atoms with E-state index in [0.717, 1.165) is 5.69 Å². The first-order chi connectivity index (χ1) is 9.27. The van der Waals surface area contributed by atoms with E-state index in [1.54, 1.807) is 24.9 Å². The molecule has 4 N–H and O–H groups in total. The summed E-state index contributed by atoms with van der Waals surface area (Å²) < 4.78 is 27.7. The molecule has 108 valence electrons. The molecule has 0 unspecified atom stereocenters. The molecule has 0 bridgehead atoms. The summed E-state index contributed by atoms with van der Waals surface area (Å²) in [5.41, 5.74) is 7.62. The van der Waals surface area contributed by atoms with Gasteiger partial charge in [-0.15, -0.1) is 0 Å². The van der Waals surface area contributed by atoms with E-state index in [9.17, 15) is 8.42 Å². The lowest BCUT2D eigenvalue weighted by atomic mass is 10.2. The van der Waals surface area contributed by atoms with E-state index in [1.165, 1.54) is 18.2 Å². The smallest absolute Gasteiger partial charge is 0.238 e. The van der Waals surface area contributed by atoms with Crippen molar-refractivity contribution < 1.29 is 12.9 Å². The molecule has 8 heteroatoms. The Morgan fingerprint density at radius 2 is 2.05 bits per heavy atom. The zero-order chi connectivity index (χ0) is 14.9. The molecule has 0 aliphatic rings. The largest absolute Gasteiger partial charge is 0.397 e. The molecule has 0 spiro atoms. The highest BCUT2D eigenvalue weighted by Gasteiger charge is 2.14. The number of benzene rings is 1.